The molecule has 3 nitrogen and oxygen atoms in total. The number of nitrogens with one attached hydrogen (secondary N) is 2. The van der Waals surface area contributed by atoms with Gasteiger partial charge in [0.15, 0.2) is 5.78 Å². The summed E-state index contributed by atoms with van der Waals surface area (Å²) in [6.07, 6.45) is 3.79. The number of carbonyl (C=O) groups excluding carboxylic acids is 1. The first-order valence-electron chi connectivity index (χ1n) is 6.59. The summed E-state index contributed by atoms with van der Waals surface area (Å²) < 4.78 is 0. The number of para-hydroxylation sites is 1. The number of aromatic nitrogens is 1. The summed E-state index contributed by atoms with van der Waals surface area (Å²) in [5.74, 6) is 0.485. The van der Waals surface area contributed by atoms with E-state index in [2.05, 4.69) is 23.3 Å². The average molecular weight is 242 g/mol. The summed E-state index contributed by atoms with van der Waals surface area (Å²) in [6.45, 7) is 3.98. The normalized spacial score (nSPS) is 17.2. The van der Waals surface area contributed by atoms with Crippen LogP contribution in [0.15, 0.2) is 24.4 Å². The molecule has 2 heterocycles. The van der Waals surface area contributed by atoms with E-state index in [4.69, 9.17) is 0 Å². The Morgan fingerprint density at radius 1 is 1.28 bits per heavy atom. The lowest BCUT2D eigenvalue weighted by Crippen LogP contribution is -2.31. The number of carbonyl (C=O) groups is 1. The number of ketones is 1. The summed E-state index contributed by atoms with van der Waals surface area (Å²) in [7, 11) is 0. The Morgan fingerprint density at radius 2 is 2.06 bits per heavy atom. The van der Waals surface area contributed by atoms with Crippen molar-refractivity contribution in [1.82, 2.24) is 10.3 Å². The Labute approximate surface area is 107 Å². The van der Waals surface area contributed by atoms with Crippen LogP contribution in [0.4, 0.5) is 0 Å². The van der Waals surface area contributed by atoms with Gasteiger partial charge in [0.2, 0.25) is 0 Å². The fourth-order valence-corrected chi connectivity index (χ4v) is 2.81. The van der Waals surface area contributed by atoms with Gasteiger partial charge in [-0.3, -0.25) is 4.79 Å². The standard InChI is InChI=1S/C15H18N2O/c1-10-3-2-4-12-13(9-17-14(10)12)15(18)11-5-7-16-8-6-11/h2-4,9,11,16-17H,5-8H2,1H3. The number of hydrogen-bond acceptors (Lipinski definition) is 2. The largest absolute Gasteiger partial charge is 0.360 e. The number of piperidine rings is 1. The highest BCUT2D eigenvalue weighted by Crippen LogP contribution is 2.26. The molecule has 1 aliphatic heterocycles. The fourth-order valence-electron chi connectivity index (χ4n) is 2.81. The van der Waals surface area contributed by atoms with Crippen LogP contribution < -0.4 is 5.32 Å². The molecule has 0 bridgehead atoms. The van der Waals surface area contributed by atoms with Crippen molar-refractivity contribution in [3.63, 3.8) is 0 Å². The minimum Gasteiger partial charge on any atom is -0.360 e. The Balaban J connectivity index is 1.98. The van der Waals surface area contributed by atoms with Crippen LogP contribution in [0.1, 0.15) is 28.8 Å². The van der Waals surface area contributed by atoms with Crippen molar-refractivity contribution < 1.29 is 4.79 Å². The number of benzene rings is 1. The predicted octanol–water partition coefficient (Wildman–Crippen LogP) is 2.66. The molecule has 2 aromatic rings. The maximum Gasteiger partial charge on any atom is 0.168 e. The molecular weight excluding hydrogens is 224 g/mol. The van der Waals surface area contributed by atoms with E-state index < -0.39 is 0 Å². The summed E-state index contributed by atoms with van der Waals surface area (Å²) in [5, 5.41) is 4.37. The third-order valence-electron chi connectivity index (χ3n) is 3.90. The average Bonchev–Trinajstić information content (AvgIpc) is 2.84. The number of H-pyrrole nitrogens is 1. The number of rotatable bonds is 2. The van der Waals surface area contributed by atoms with E-state index in [1.165, 1.54) is 5.56 Å². The summed E-state index contributed by atoms with van der Waals surface area (Å²) in [6, 6.07) is 6.12. The van der Waals surface area contributed by atoms with Crippen molar-refractivity contribution in [3.8, 4) is 0 Å². The van der Waals surface area contributed by atoms with Gasteiger partial charge in [-0.15, -0.1) is 0 Å². The van der Waals surface area contributed by atoms with Crippen molar-refractivity contribution in [1.29, 1.82) is 0 Å². The quantitative estimate of drug-likeness (QED) is 0.795. The number of aromatic amines is 1. The zero-order valence-electron chi connectivity index (χ0n) is 10.6. The topological polar surface area (TPSA) is 44.9 Å². The van der Waals surface area contributed by atoms with E-state index in [1.54, 1.807) is 0 Å². The first-order chi connectivity index (χ1) is 8.77. The molecule has 0 radical (unpaired) electrons. The van der Waals surface area contributed by atoms with Gasteiger partial charge in [0, 0.05) is 28.6 Å². The van der Waals surface area contributed by atoms with Crippen molar-refractivity contribution in [2.75, 3.05) is 13.1 Å². The van der Waals surface area contributed by atoms with Crippen LogP contribution in [-0.4, -0.2) is 23.9 Å². The molecule has 0 unspecified atom stereocenters. The maximum atomic E-state index is 12.5. The first-order valence-corrected chi connectivity index (χ1v) is 6.59. The van der Waals surface area contributed by atoms with Crippen LogP contribution >= 0.6 is 0 Å². The molecule has 1 aromatic carbocycles. The Morgan fingerprint density at radius 3 is 2.83 bits per heavy atom. The molecular formula is C15H18N2O. The van der Waals surface area contributed by atoms with Gasteiger partial charge in [-0.2, -0.15) is 0 Å². The molecule has 0 atom stereocenters. The molecule has 3 heteroatoms. The zero-order chi connectivity index (χ0) is 12.5. The molecule has 1 saturated heterocycles. The molecule has 1 fully saturated rings. The highest BCUT2D eigenvalue weighted by atomic mass is 16.1. The van der Waals surface area contributed by atoms with Crippen LogP contribution in [0.25, 0.3) is 10.9 Å². The minimum atomic E-state index is 0.186. The number of Topliss-reactive ketones (excluding diaryl/α,β-unsaturated/α-hetero) is 1. The highest BCUT2D eigenvalue weighted by Gasteiger charge is 2.24. The van der Waals surface area contributed by atoms with E-state index in [0.29, 0.717) is 5.78 Å². The van der Waals surface area contributed by atoms with Crippen LogP contribution in [0.5, 0.6) is 0 Å². The molecule has 2 N–H and O–H groups in total. The smallest absolute Gasteiger partial charge is 0.168 e. The summed E-state index contributed by atoms with van der Waals surface area (Å²) in [5.41, 5.74) is 3.15. The van der Waals surface area contributed by atoms with Crippen molar-refractivity contribution >= 4 is 16.7 Å². The van der Waals surface area contributed by atoms with Gasteiger partial charge in [-0.05, 0) is 38.4 Å². The van der Waals surface area contributed by atoms with Gasteiger partial charge < -0.3 is 10.3 Å². The minimum absolute atomic E-state index is 0.186. The Bertz CT molecular complexity index is 579. The molecule has 0 saturated carbocycles. The third kappa shape index (κ3) is 1.85. The predicted molar refractivity (Wildman–Crippen MR) is 73.0 cm³/mol. The lowest BCUT2D eigenvalue weighted by molar-refractivity contribution is 0.0897. The van der Waals surface area contributed by atoms with Gasteiger partial charge in [0.05, 0.1) is 0 Å². The molecule has 0 aliphatic carbocycles. The summed E-state index contributed by atoms with van der Waals surface area (Å²) >= 11 is 0. The lowest BCUT2D eigenvalue weighted by atomic mass is 9.89. The van der Waals surface area contributed by atoms with E-state index in [0.717, 1.165) is 42.4 Å². The Hall–Kier alpha value is -1.61. The van der Waals surface area contributed by atoms with E-state index in [1.807, 2.05) is 18.3 Å². The van der Waals surface area contributed by atoms with Gasteiger partial charge in [-0.1, -0.05) is 18.2 Å². The maximum absolute atomic E-state index is 12.5. The van der Waals surface area contributed by atoms with Crippen LogP contribution in [-0.2, 0) is 0 Å². The summed E-state index contributed by atoms with van der Waals surface area (Å²) in [4.78, 5) is 15.8. The molecule has 0 amide bonds. The first kappa shape index (κ1) is 11.5. The molecule has 0 spiro atoms. The second kappa shape index (κ2) is 4.58. The second-order valence-corrected chi connectivity index (χ2v) is 5.09. The molecule has 94 valence electrons. The number of hydrogen-bond donors (Lipinski definition) is 2. The number of fused-ring (bicyclic) bond motifs is 1. The van der Waals surface area contributed by atoms with E-state index >= 15 is 0 Å². The van der Waals surface area contributed by atoms with E-state index in [9.17, 15) is 4.79 Å². The van der Waals surface area contributed by atoms with Crippen LogP contribution in [0.3, 0.4) is 0 Å². The van der Waals surface area contributed by atoms with E-state index in [-0.39, 0.29) is 5.92 Å². The third-order valence-corrected chi connectivity index (χ3v) is 3.90. The van der Waals surface area contributed by atoms with Crippen LogP contribution in [0.2, 0.25) is 0 Å². The SMILES string of the molecule is Cc1cccc2c(C(=O)C3CCNCC3)c[nH]c12. The molecule has 1 aromatic heterocycles. The highest BCUT2D eigenvalue weighted by molar-refractivity contribution is 6.09. The van der Waals surface area contributed by atoms with Crippen LogP contribution in [0, 0.1) is 12.8 Å². The van der Waals surface area contributed by atoms with Crippen molar-refractivity contribution in [3.05, 3.63) is 35.5 Å². The van der Waals surface area contributed by atoms with Gasteiger partial charge in [0.25, 0.3) is 0 Å². The fraction of sp³-hybridized carbons (Fsp3) is 0.400. The van der Waals surface area contributed by atoms with Gasteiger partial charge in [-0.25, -0.2) is 0 Å². The lowest BCUT2D eigenvalue weighted by Gasteiger charge is -2.21. The monoisotopic (exact) mass is 242 g/mol. The Kier molecular flexibility index (Phi) is 2.92. The van der Waals surface area contributed by atoms with Crippen molar-refractivity contribution in [2.24, 2.45) is 5.92 Å². The number of aryl methyl sites for hydroxylation is 1. The second-order valence-electron chi connectivity index (χ2n) is 5.09. The zero-order valence-corrected chi connectivity index (χ0v) is 10.6. The molecule has 18 heavy (non-hydrogen) atoms. The van der Waals surface area contributed by atoms with Gasteiger partial charge in [0.1, 0.15) is 0 Å². The molecule has 3 rings (SSSR count). The van der Waals surface area contributed by atoms with Crippen molar-refractivity contribution in [2.45, 2.75) is 19.8 Å². The molecule has 1 aliphatic rings. The van der Waals surface area contributed by atoms with Gasteiger partial charge >= 0.3 is 0 Å².